The highest BCUT2D eigenvalue weighted by Gasteiger charge is 2.28. The van der Waals surface area contributed by atoms with Crippen LogP contribution in [0, 0.1) is 13.8 Å². The number of aromatic amines is 1. The lowest BCUT2D eigenvalue weighted by molar-refractivity contribution is -0.110. The van der Waals surface area contributed by atoms with Crippen molar-refractivity contribution >= 4 is 35.1 Å². The Morgan fingerprint density at radius 1 is 1.02 bits per heavy atom. The highest BCUT2D eigenvalue weighted by atomic mass is 16.5. The largest absolute Gasteiger partial charge is 0.491 e. The van der Waals surface area contributed by atoms with Crippen LogP contribution >= 0.6 is 0 Å². The second-order valence-corrected chi connectivity index (χ2v) is 10.9. The summed E-state index contributed by atoms with van der Waals surface area (Å²) >= 11 is 0. The highest BCUT2D eigenvalue weighted by Crippen LogP contribution is 2.35. The maximum Gasteiger partial charge on any atom is 0.256 e. The monoisotopic (exact) mass is 540 g/mol. The van der Waals surface area contributed by atoms with Crippen molar-refractivity contribution in [2.45, 2.75) is 59.6 Å². The number of rotatable bonds is 7. The van der Waals surface area contributed by atoms with Crippen molar-refractivity contribution in [1.29, 1.82) is 0 Å². The number of likely N-dealkylation sites (tertiary alicyclic amines) is 1. The molecule has 2 aromatic carbocycles. The molecule has 40 heavy (non-hydrogen) atoms. The molecule has 0 aliphatic carbocycles. The summed E-state index contributed by atoms with van der Waals surface area (Å²) in [5, 5.41) is 5.93. The van der Waals surface area contributed by atoms with E-state index in [1.807, 2.05) is 63.8 Å². The summed E-state index contributed by atoms with van der Waals surface area (Å²) in [4.78, 5) is 44.4. The van der Waals surface area contributed by atoms with Crippen LogP contribution in [0.1, 0.15) is 88.4 Å². The van der Waals surface area contributed by atoms with Crippen LogP contribution in [0.5, 0.6) is 5.75 Å². The molecule has 3 aromatic rings. The molecule has 0 radical (unpaired) electrons. The number of nitrogens with zero attached hydrogens (tertiary/aromatic N) is 1. The second-order valence-electron chi connectivity index (χ2n) is 10.9. The summed E-state index contributed by atoms with van der Waals surface area (Å²) in [6.45, 7) is 11.2. The Bertz CT molecular complexity index is 1490. The molecule has 0 spiro atoms. The average Bonchev–Trinajstić information content (AvgIpc) is 3.62. The molecular weight excluding hydrogens is 504 g/mol. The van der Waals surface area contributed by atoms with Crippen LogP contribution in [0.25, 0.3) is 11.6 Å². The first-order valence-electron chi connectivity index (χ1n) is 13.9. The maximum absolute atomic E-state index is 13.2. The number of H-pyrrole nitrogens is 1. The van der Waals surface area contributed by atoms with Crippen LogP contribution in [-0.4, -0.2) is 46.8 Å². The van der Waals surface area contributed by atoms with Crippen LogP contribution in [0.4, 0.5) is 5.69 Å². The molecule has 2 aliphatic rings. The molecule has 1 fully saturated rings. The van der Waals surface area contributed by atoms with Crippen LogP contribution < -0.4 is 15.4 Å². The van der Waals surface area contributed by atoms with E-state index < -0.39 is 0 Å². The molecule has 1 saturated heterocycles. The second kappa shape index (κ2) is 11.0. The zero-order chi connectivity index (χ0) is 28.6. The molecule has 208 valence electrons. The fourth-order valence-corrected chi connectivity index (χ4v) is 5.41. The molecule has 3 N–H and O–H groups in total. The summed E-state index contributed by atoms with van der Waals surface area (Å²) in [6.07, 6.45) is 3.91. The summed E-state index contributed by atoms with van der Waals surface area (Å²) < 4.78 is 5.71. The van der Waals surface area contributed by atoms with E-state index in [9.17, 15) is 14.4 Å². The van der Waals surface area contributed by atoms with Crippen molar-refractivity contribution < 1.29 is 19.1 Å². The Labute approximate surface area is 234 Å². The van der Waals surface area contributed by atoms with Gasteiger partial charge >= 0.3 is 0 Å². The molecule has 8 heteroatoms. The predicted molar refractivity (Wildman–Crippen MR) is 156 cm³/mol. The van der Waals surface area contributed by atoms with Crippen molar-refractivity contribution in [1.82, 2.24) is 15.2 Å². The van der Waals surface area contributed by atoms with Gasteiger partial charge in [0.25, 0.3) is 17.7 Å². The molecule has 1 unspecified atom stereocenters. The van der Waals surface area contributed by atoms with Gasteiger partial charge < -0.3 is 25.3 Å². The van der Waals surface area contributed by atoms with Crippen molar-refractivity contribution in [3.63, 3.8) is 0 Å². The highest BCUT2D eigenvalue weighted by molar-refractivity contribution is 6.35. The number of nitrogens with one attached hydrogen (secondary N) is 3. The third-order valence-electron chi connectivity index (χ3n) is 7.54. The first kappa shape index (κ1) is 27.2. The molecule has 3 heterocycles. The van der Waals surface area contributed by atoms with Gasteiger partial charge in [-0.3, -0.25) is 14.4 Å². The van der Waals surface area contributed by atoms with Crippen molar-refractivity contribution in [2.24, 2.45) is 0 Å². The normalized spacial score (nSPS) is 16.3. The number of hydrogen-bond acceptors (Lipinski definition) is 4. The van der Waals surface area contributed by atoms with Gasteiger partial charge in [0.05, 0.1) is 23.3 Å². The van der Waals surface area contributed by atoms with Gasteiger partial charge in [0.15, 0.2) is 0 Å². The third kappa shape index (κ3) is 5.39. The van der Waals surface area contributed by atoms with Gasteiger partial charge in [0.1, 0.15) is 5.75 Å². The average molecular weight is 541 g/mol. The Balaban J connectivity index is 1.37. The zero-order valence-electron chi connectivity index (χ0n) is 23.7. The smallest absolute Gasteiger partial charge is 0.256 e. The van der Waals surface area contributed by atoms with E-state index in [4.69, 9.17) is 4.74 Å². The molecule has 1 atom stereocenters. The summed E-state index contributed by atoms with van der Waals surface area (Å²) in [5.74, 6) is 0.331. The van der Waals surface area contributed by atoms with E-state index in [2.05, 4.69) is 15.6 Å². The van der Waals surface area contributed by atoms with Crippen LogP contribution in [0.3, 0.4) is 0 Å². The summed E-state index contributed by atoms with van der Waals surface area (Å²) in [5.41, 5.74) is 6.14. The van der Waals surface area contributed by atoms with Crippen molar-refractivity contribution in [2.75, 3.05) is 18.4 Å². The Kier molecular flexibility index (Phi) is 7.52. The molecule has 0 saturated carbocycles. The van der Waals surface area contributed by atoms with Gasteiger partial charge in [0, 0.05) is 41.3 Å². The molecule has 3 amide bonds. The first-order valence-corrected chi connectivity index (χ1v) is 13.9. The van der Waals surface area contributed by atoms with E-state index in [1.165, 1.54) is 0 Å². The van der Waals surface area contributed by atoms with Crippen LogP contribution in [0.2, 0.25) is 0 Å². The Morgan fingerprint density at radius 2 is 1.73 bits per heavy atom. The van der Waals surface area contributed by atoms with E-state index in [1.54, 1.807) is 24.3 Å². The fourth-order valence-electron chi connectivity index (χ4n) is 5.41. The zero-order valence-corrected chi connectivity index (χ0v) is 23.7. The number of aromatic nitrogens is 1. The molecule has 8 nitrogen and oxygen atoms in total. The third-order valence-corrected chi connectivity index (χ3v) is 7.54. The molecular formula is C32H36N4O4. The summed E-state index contributed by atoms with van der Waals surface area (Å²) in [6, 6.07) is 12.7. The van der Waals surface area contributed by atoms with Gasteiger partial charge in [-0.1, -0.05) is 12.1 Å². The van der Waals surface area contributed by atoms with Gasteiger partial charge in [-0.15, -0.1) is 0 Å². The van der Waals surface area contributed by atoms with Gasteiger partial charge in [-0.2, -0.15) is 0 Å². The van der Waals surface area contributed by atoms with E-state index in [0.717, 1.165) is 48.5 Å². The van der Waals surface area contributed by atoms with Crippen LogP contribution in [-0.2, 0) is 4.79 Å². The number of amides is 3. The number of anilines is 1. The molecule has 0 bridgehead atoms. The quantitative estimate of drug-likeness (QED) is 0.338. The minimum Gasteiger partial charge on any atom is -0.491 e. The standard InChI is InChI=1S/C32H36N4O4/c1-18(2)40-24-11-8-22(9-12-24)20(4)34-30(37)23-10-13-27-25(16-23)26(31(38)35-27)17-28-19(3)29(21(5)33-28)32(39)36-14-6-7-15-36/h8-13,16-18,20,33H,6-7,14-15H2,1-5H3,(H,34,37)(H,35,38). The predicted octanol–water partition coefficient (Wildman–Crippen LogP) is 5.64. The number of aryl methyl sites for hydroxylation is 1. The van der Waals surface area contributed by atoms with E-state index in [0.29, 0.717) is 33.6 Å². The fraction of sp³-hybridized carbons (Fsp3) is 0.344. The maximum atomic E-state index is 13.2. The Morgan fingerprint density at radius 3 is 2.40 bits per heavy atom. The van der Waals surface area contributed by atoms with E-state index in [-0.39, 0.29) is 29.9 Å². The van der Waals surface area contributed by atoms with Gasteiger partial charge in [-0.05, 0) is 95.0 Å². The van der Waals surface area contributed by atoms with Crippen molar-refractivity contribution in [3.8, 4) is 5.75 Å². The molecule has 5 rings (SSSR count). The molecule has 1 aromatic heterocycles. The number of carbonyl (C=O) groups excluding carboxylic acids is 3. The lowest BCUT2D eigenvalue weighted by Gasteiger charge is -2.16. The van der Waals surface area contributed by atoms with Crippen LogP contribution in [0.15, 0.2) is 42.5 Å². The lowest BCUT2D eigenvalue weighted by Crippen LogP contribution is -2.28. The number of carbonyl (C=O) groups is 3. The minimum absolute atomic E-state index is 0.0276. The van der Waals surface area contributed by atoms with Crippen molar-refractivity contribution in [3.05, 3.63) is 81.7 Å². The van der Waals surface area contributed by atoms with E-state index >= 15 is 0 Å². The topological polar surface area (TPSA) is 104 Å². The number of fused-ring (bicyclic) bond motifs is 1. The number of ether oxygens (including phenoxy) is 1. The molecule has 2 aliphatic heterocycles. The lowest BCUT2D eigenvalue weighted by atomic mass is 10.0. The van der Waals surface area contributed by atoms with Gasteiger partial charge in [-0.25, -0.2) is 0 Å². The first-order chi connectivity index (χ1) is 19.1. The number of benzene rings is 2. The minimum atomic E-state index is -0.247. The Hall–Kier alpha value is -4.33. The summed E-state index contributed by atoms with van der Waals surface area (Å²) in [7, 11) is 0. The SMILES string of the molecule is Cc1[nH]c(C=C2C(=O)Nc3ccc(C(=O)NC(C)c4ccc(OC(C)C)cc4)cc32)c(C)c1C(=O)N1CCCC1. The number of hydrogen-bond donors (Lipinski definition) is 3. The van der Waals surface area contributed by atoms with Gasteiger partial charge in [0.2, 0.25) is 0 Å².